The Morgan fingerprint density at radius 2 is 1.81 bits per heavy atom. The Bertz CT molecular complexity index is 625. The van der Waals surface area contributed by atoms with E-state index in [1.165, 1.54) is 25.3 Å². The minimum absolute atomic E-state index is 0.0113. The molecule has 0 aliphatic carbocycles. The zero-order valence-corrected chi connectivity index (χ0v) is 12.8. The summed E-state index contributed by atoms with van der Waals surface area (Å²) < 4.78 is 24.6. The molecule has 0 spiro atoms. The Hall–Kier alpha value is -1.49. The van der Waals surface area contributed by atoms with E-state index in [2.05, 4.69) is 0 Å². The van der Waals surface area contributed by atoms with Gasteiger partial charge in [0.1, 0.15) is 12.4 Å². The number of rotatable bonds is 5. The van der Waals surface area contributed by atoms with Crippen molar-refractivity contribution in [3.8, 4) is 11.5 Å². The second-order valence-corrected chi connectivity index (χ2v) is 5.20. The molecule has 0 unspecified atom stereocenters. The van der Waals surface area contributed by atoms with Gasteiger partial charge in [-0.1, -0.05) is 23.2 Å². The quantitative estimate of drug-likeness (QED) is 0.894. The molecule has 0 amide bonds. The molecule has 0 fully saturated rings. The summed E-state index contributed by atoms with van der Waals surface area (Å²) in [6, 6.07) is 7.60. The summed E-state index contributed by atoms with van der Waals surface area (Å²) in [4.78, 5) is 0. The molecule has 0 aliphatic heterocycles. The molecule has 21 heavy (non-hydrogen) atoms. The minimum Gasteiger partial charge on any atom is -0.493 e. The Labute approximate surface area is 132 Å². The van der Waals surface area contributed by atoms with Crippen molar-refractivity contribution < 1.29 is 13.9 Å². The van der Waals surface area contributed by atoms with Crippen molar-refractivity contribution >= 4 is 23.2 Å². The molecule has 0 aromatic heterocycles. The highest BCUT2D eigenvalue weighted by Crippen LogP contribution is 2.35. The van der Waals surface area contributed by atoms with E-state index in [1.807, 2.05) is 0 Å². The summed E-state index contributed by atoms with van der Waals surface area (Å²) in [7, 11) is 1.50. The lowest BCUT2D eigenvalue weighted by molar-refractivity contribution is 0.277. The van der Waals surface area contributed by atoms with Gasteiger partial charge in [0.2, 0.25) is 0 Å². The molecule has 0 aliphatic rings. The largest absolute Gasteiger partial charge is 0.493 e. The van der Waals surface area contributed by atoms with Gasteiger partial charge in [-0.3, -0.25) is 0 Å². The van der Waals surface area contributed by atoms with Crippen LogP contribution in [0.3, 0.4) is 0 Å². The highest BCUT2D eigenvalue weighted by atomic mass is 35.5. The van der Waals surface area contributed by atoms with Crippen LogP contribution in [0, 0.1) is 5.82 Å². The summed E-state index contributed by atoms with van der Waals surface area (Å²) in [5.74, 6) is 0.510. The van der Waals surface area contributed by atoms with Gasteiger partial charge in [-0.2, -0.15) is 0 Å². The van der Waals surface area contributed by atoms with Crippen LogP contribution in [0.5, 0.6) is 11.5 Å². The van der Waals surface area contributed by atoms with Gasteiger partial charge in [-0.05, 0) is 24.3 Å². The van der Waals surface area contributed by atoms with E-state index in [0.717, 1.165) is 0 Å². The lowest BCUT2D eigenvalue weighted by Gasteiger charge is -2.15. The van der Waals surface area contributed by atoms with Crippen LogP contribution in [0.25, 0.3) is 0 Å². The first-order valence-electron chi connectivity index (χ1n) is 6.18. The average molecular weight is 330 g/mol. The number of halogens is 3. The molecule has 0 heterocycles. The van der Waals surface area contributed by atoms with E-state index in [-0.39, 0.29) is 19.0 Å². The number of ether oxygens (including phenoxy) is 2. The maximum Gasteiger partial charge on any atom is 0.166 e. The smallest absolute Gasteiger partial charge is 0.166 e. The van der Waals surface area contributed by atoms with Crippen molar-refractivity contribution in [3.63, 3.8) is 0 Å². The van der Waals surface area contributed by atoms with E-state index < -0.39 is 0 Å². The third-order valence-corrected chi connectivity index (χ3v) is 3.37. The lowest BCUT2D eigenvalue weighted by Crippen LogP contribution is -2.05. The van der Waals surface area contributed by atoms with Crippen LogP contribution in [0.2, 0.25) is 10.0 Å². The van der Waals surface area contributed by atoms with Gasteiger partial charge in [0, 0.05) is 33.8 Å². The Balaban J connectivity index is 2.29. The summed E-state index contributed by atoms with van der Waals surface area (Å²) in [6.45, 7) is 0.238. The molecule has 0 saturated carbocycles. The van der Waals surface area contributed by atoms with Crippen LogP contribution in [0.1, 0.15) is 11.1 Å². The third-order valence-electron chi connectivity index (χ3n) is 2.92. The first-order valence-corrected chi connectivity index (χ1v) is 6.94. The second kappa shape index (κ2) is 6.98. The van der Waals surface area contributed by atoms with E-state index in [9.17, 15) is 4.39 Å². The maximum atomic E-state index is 13.7. The first kappa shape index (κ1) is 15.9. The molecule has 0 bridgehead atoms. The molecule has 0 saturated heterocycles. The van der Waals surface area contributed by atoms with Crippen LogP contribution >= 0.6 is 23.2 Å². The monoisotopic (exact) mass is 329 g/mol. The van der Waals surface area contributed by atoms with Crippen molar-refractivity contribution in [3.05, 3.63) is 57.3 Å². The minimum atomic E-state index is -0.387. The van der Waals surface area contributed by atoms with Crippen LogP contribution in [-0.4, -0.2) is 7.11 Å². The predicted molar refractivity (Wildman–Crippen MR) is 81.6 cm³/mol. The first-order chi connectivity index (χ1) is 10.0. The molecule has 0 atom stereocenters. The van der Waals surface area contributed by atoms with Crippen molar-refractivity contribution in [2.24, 2.45) is 5.73 Å². The Kier molecular flexibility index (Phi) is 5.28. The summed E-state index contributed by atoms with van der Waals surface area (Å²) in [5, 5.41) is 0.936. The number of hydrogen-bond donors (Lipinski definition) is 1. The number of hydrogen-bond acceptors (Lipinski definition) is 3. The fourth-order valence-electron chi connectivity index (χ4n) is 1.89. The van der Waals surface area contributed by atoms with Crippen molar-refractivity contribution in [2.45, 2.75) is 13.2 Å². The van der Waals surface area contributed by atoms with Crippen molar-refractivity contribution in [1.29, 1.82) is 0 Å². The van der Waals surface area contributed by atoms with Gasteiger partial charge in [0.15, 0.2) is 11.5 Å². The Morgan fingerprint density at radius 3 is 2.48 bits per heavy atom. The zero-order valence-electron chi connectivity index (χ0n) is 11.3. The molecule has 2 rings (SSSR count). The third kappa shape index (κ3) is 3.79. The molecule has 2 aromatic rings. The topological polar surface area (TPSA) is 44.5 Å². The number of benzene rings is 2. The Morgan fingerprint density at radius 1 is 1.10 bits per heavy atom. The van der Waals surface area contributed by atoms with Crippen LogP contribution in [0.15, 0.2) is 30.3 Å². The molecule has 0 radical (unpaired) electrons. The van der Waals surface area contributed by atoms with Gasteiger partial charge >= 0.3 is 0 Å². The molecule has 112 valence electrons. The number of methoxy groups -OCH3 is 1. The van der Waals surface area contributed by atoms with Gasteiger partial charge < -0.3 is 15.2 Å². The molecule has 2 N–H and O–H groups in total. The van der Waals surface area contributed by atoms with E-state index in [1.54, 1.807) is 12.1 Å². The highest BCUT2D eigenvalue weighted by molar-refractivity contribution is 6.31. The average Bonchev–Trinajstić information content (AvgIpc) is 2.48. The van der Waals surface area contributed by atoms with E-state index in [4.69, 9.17) is 38.4 Å². The molecule has 6 heteroatoms. The normalized spacial score (nSPS) is 10.5. The van der Waals surface area contributed by atoms with E-state index in [0.29, 0.717) is 32.7 Å². The highest BCUT2D eigenvalue weighted by Gasteiger charge is 2.13. The summed E-state index contributed by atoms with van der Waals surface area (Å²) >= 11 is 11.8. The van der Waals surface area contributed by atoms with Gasteiger partial charge in [0.25, 0.3) is 0 Å². The molecular formula is C15H14Cl2FNO2. The van der Waals surface area contributed by atoms with E-state index >= 15 is 0 Å². The van der Waals surface area contributed by atoms with Crippen LogP contribution < -0.4 is 15.2 Å². The second-order valence-electron chi connectivity index (χ2n) is 4.32. The van der Waals surface area contributed by atoms with Gasteiger partial charge in [-0.25, -0.2) is 4.39 Å². The lowest BCUT2D eigenvalue weighted by atomic mass is 10.1. The number of nitrogens with two attached hydrogens (primary N) is 1. The van der Waals surface area contributed by atoms with Crippen molar-refractivity contribution in [1.82, 2.24) is 0 Å². The summed E-state index contributed by atoms with van der Waals surface area (Å²) in [6.07, 6.45) is 0. The summed E-state index contributed by atoms with van der Waals surface area (Å²) in [5.41, 5.74) is 6.71. The fraction of sp³-hybridized carbons (Fsp3) is 0.200. The van der Waals surface area contributed by atoms with Crippen LogP contribution in [0.4, 0.5) is 4.39 Å². The fourth-order valence-corrected chi connectivity index (χ4v) is 2.32. The molecule has 2 aromatic carbocycles. The SMILES string of the molecule is COc1cc(Cl)cc(CN)c1OCc1cc(Cl)ccc1F. The zero-order chi connectivity index (χ0) is 15.4. The predicted octanol–water partition coefficient (Wildman–Crippen LogP) is 4.18. The standard InChI is InChI=1S/C15H14Cl2FNO2/c1-20-14-6-12(17)4-9(7-19)15(14)21-8-10-5-11(16)2-3-13(10)18/h2-6H,7-8,19H2,1H3. The van der Waals surface area contributed by atoms with Gasteiger partial charge in [-0.15, -0.1) is 0 Å². The van der Waals surface area contributed by atoms with Crippen molar-refractivity contribution in [2.75, 3.05) is 7.11 Å². The molecule has 3 nitrogen and oxygen atoms in total. The molecular weight excluding hydrogens is 316 g/mol. The maximum absolute atomic E-state index is 13.7. The van der Waals surface area contributed by atoms with Crippen LogP contribution in [-0.2, 0) is 13.2 Å². The van der Waals surface area contributed by atoms with Gasteiger partial charge in [0.05, 0.1) is 7.11 Å².